The lowest BCUT2D eigenvalue weighted by Gasteiger charge is -2.31. The molecule has 0 aromatic heterocycles. The molecule has 1 N–H and O–H groups in total. The highest BCUT2D eigenvalue weighted by Gasteiger charge is 2.32. The van der Waals surface area contributed by atoms with Crippen molar-refractivity contribution in [2.24, 2.45) is 0 Å². The van der Waals surface area contributed by atoms with E-state index in [9.17, 15) is 14.7 Å². The molecular formula is C23H21NO3. The molecule has 4 heteroatoms. The van der Waals surface area contributed by atoms with E-state index in [0.717, 1.165) is 0 Å². The van der Waals surface area contributed by atoms with Gasteiger partial charge in [0, 0.05) is 17.7 Å². The Labute approximate surface area is 158 Å². The smallest absolute Gasteiger partial charge is 0.254 e. The molecule has 4 nitrogen and oxygen atoms in total. The third kappa shape index (κ3) is 4.30. The van der Waals surface area contributed by atoms with Gasteiger partial charge in [-0.1, -0.05) is 78.9 Å². The summed E-state index contributed by atoms with van der Waals surface area (Å²) in [6.07, 6.45) is 0. The quantitative estimate of drug-likeness (QED) is 0.654. The van der Waals surface area contributed by atoms with Gasteiger partial charge in [-0.25, -0.2) is 0 Å². The number of benzene rings is 3. The lowest BCUT2D eigenvalue weighted by atomic mass is 9.95. The molecule has 0 fully saturated rings. The summed E-state index contributed by atoms with van der Waals surface area (Å²) in [6, 6.07) is 26.1. The van der Waals surface area contributed by atoms with Gasteiger partial charge in [-0.2, -0.15) is 0 Å². The molecule has 1 amide bonds. The van der Waals surface area contributed by atoms with Crippen LogP contribution in [0.4, 0.5) is 0 Å². The molecule has 0 saturated heterocycles. The SMILES string of the molecule is O=C(c1ccccc1)C(c1ccccc1)N(CCO)C(=O)c1ccccc1. The number of carbonyl (C=O) groups excluding carboxylic acids is 2. The second-order valence-corrected chi connectivity index (χ2v) is 6.13. The molecule has 0 bridgehead atoms. The molecule has 0 aliphatic rings. The lowest BCUT2D eigenvalue weighted by molar-refractivity contribution is 0.0570. The van der Waals surface area contributed by atoms with Crippen molar-refractivity contribution in [3.8, 4) is 0 Å². The molecule has 0 aliphatic heterocycles. The van der Waals surface area contributed by atoms with Gasteiger partial charge in [0.15, 0.2) is 5.78 Å². The summed E-state index contributed by atoms with van der Waals surface area (Å²) >= 11 is 0. The van der Waals surface area contributed by atoms with Crippen molar-refractivity contribution in [1.82, 2.24) is 4.90 Å². The van der Waals surface area contributed by atoms with E-state index in [1.165, 1.54) is 4.90 Å². The summed E-state index contributed by atoms with van der Waals surface area (Å²) in [7, 11) is 0. The van der Waals surface area contributed by atoms with E-state index in [-0.39, 0.29) is 24.8 Å². The maximum Gasteiger partial charge on any atom is 0.254 e. The highest BCUT2D eigenvalue weighted by molar-refractivity contribution is 6.04. The molecule has 3 aromatic carbocycles. The predicted molar refractivity (Wildman–Crippen MR) is 105 cm³/mol. The molecule has 0 spiro atoms. The molecule has 0 aliphatic carbocycles. The zero-order valence-electron chi connectivity index (χ0n) is 14.9. The Hall–Kier alpha value is -3.24. The summed E-state index contributed by atoms with van der Waals surface area (Å²) in [5.41, 5.74) is 1.71. The van der Waals surface area contributed by atoms with E-state index in [2.05, 4.69) is 0 Å². The number of carbonyl (C=O) groups is 2. The second-order valence-electron chi connectivity index (χ2n) is 6.13. The monoisotopic (exact) mass is 359 g/mol. The Morgan fingerprint density at radius 1 is 0.741 bits per heavy atom. The van der Waals surface area contributed by atoms with E-state index < -0.39 is 6.04 Å². The summed E-state index contributed by atoms with van der Waals surface area (Å²) in [6.45, 7) is -0.171. The standard InChI is InChI=1S/C23H21NO3/c25-17-16-24(23(27)20-14-8-3-9-15-20)21(18-10-4-1-5-11-18)22(26)19-12-6-2-7-13-19/h1-15,21,25H,16-17H2. The molecule has 1 unspecified atom stereocenters. The second kappa shape index (κ2) is 8.92. The van der Waals surface area contributed by atoms with Crippen molar-refractivity contribution in [3.05, 3.63) is 108 Å². The van der Waals surface area contributed by atoms with Crippen LogP contribution in [-0.2, 0) is 0 Å². The minimum Gasteiger partial charge on any atom is -0.395 e. The number of hydrogen-bond donors (Lipinski definition) is 1. The van der Waals surface area contributed by atoms with E-state index in [4.69, 9.17) is 0 Å². The van der Waals surface area contributed by atoms with E-state index >= 15 is 0 Å². The van der Waals surface area contributed by atoms with Gasteiger partial charge in [-0.05, 0) is 17.7 Å². The summed E-state index contributed by atoms with van der Waals surface area (Å²) < 4.78 is 0. The highest BCUT2D eigenvalue weighted by atomic mass is 16.3. The van der Waals surface area contributed by atoms with Crippen molar-refractivity contribution in [2.75, 3.05) is 13.2 Å². The van der Waals surface area contributed by atoms with Crippen LogP contribution in [0.3, 0.4) is 0 Å². The first-order valence-electron chi connectivity index (χ1n) is 8.83. The van der Waals surface area contributed by atoms with Crippen LogP contribution in [0.15, 0.2) is 91.0 Å². The third-order valence-corrected chi connectivity index (χ3v) is 4.36. The Bertz CT molecular complexity index is 879. The van der Waals surface area contributed by atoms with E-state index in [1.54, 1.807) is 48.5 Å². The first kappa shape index (κ1) is 18.5. The maximum absolute atomic E-state index is 13.3. The Kier molecular flexibility index (Phi) is 6.13. The fourth-order valence-corrected chi connectivity index (χ4v) is 3.07. The highest BCUT2D eigenvalue weighted by Crippen LogP contribution is 2.27. The fraction of sp³-hybridized carbons (Fsp3) is 0.130. The van der Waals surface area contributed by atoms with Gasteiger partial charge in [0.1, 0.15) is 6.04 Å². The Morgan fingerprint density at radius 2 is 1.22 bits per heavy atom. The van der Waals surface area contributed by atoms with E-state index in [0.29, 0.717) is 16.7 Å². The van der Waals surface area contributed by atoms with Crippen molar-refractivity contribution in [1.29, 1.82) is 0 Å². The molecule has 3 aromatic rings. The summed E-state index contributed by atoms with van der Waals surface area (Å²) in [4.78, 5) is 27.9. The molecule has 136 valence electrons. The predicted octanol–water partition coefficient (Wildman–Crippen LogP) is 3.75. The molecule has 3 rings (SSSR count). The zero-order chi connectivity index (χ0) is 19.1. The van der Waals surface area contributed by atoms with Crippen LogP contribution in [0.25, 0.3) is 0 Å². The van der Waals surface area contributed by atoms with Crippen LogP contribution in [0, 0.1) is 0 Å². The zero-order valence-corrected chi connectivity index (χ0v) is 14.9. The molecular weight excluding hydrogens is 338 g/mol. The minimum absolute atomic E-state index is 0.0614. The number of Topliss-reactive ketones (excluding diaryl/α,β-unsaturated/α-hetero) is 1. The van der Waals surface area contributed by atoms with Gasteiger partial charge in [0.25, 0.3) is 5.91 Å². The van der Waals surface area contributed by atoms with E-state index in [1.807, 2.05) is 42.5 Å². The summed E-state index contributed by atoms with van der Waals surface area (Å²) in [5.74, 6) is -0.470. The van der Waals surface area contributed by atoms with Gasteiger partial charge >= 0.3 is 0 Å². The number of aliphatic hydroxyl groups excluding tert-OH is 1. The van der Waals surface area contributed by atoms with Crippen molar-refractivity contribution < 1.29 is 14.7 Å². The van der Waals surface area contributed by atoms with Crippen LogP contribution in [0.1, 0.15) is 32.3 Å². The van der Waals surface area contributed by atoms with Crippen molar-refractivity contribution >= 4 is 11.7 Å². The first-order chi connectivity index (χ1) is 13.2. The first-order valence-corrected chi connectivity index (χ1v) is 8.83. The average molecular weight is 359 g/mol. The van der Waals surface area contributed by atoms with Gasteiger partial charge in [-0.15, -0.1) is 0 Å². The van der Waals surface area contributed by atoms with Crippen LogP contribution in [0.5, 0.6) is 0 Å². The van der Waals surface area contributed by atoms with Gasteiger partial charge in [0.05, 0.1) is 6.61 Å². The molecule has 0 saturated carbocycles. The fourth-order valence-electron chi connectivity index (χ4n) is 3.07. The minimum atomic E-state index is -0.812. The number of nitrogens with zero attached hydrogens (tertiary/aromatic N) is 1. The maximum atomic E-state index is 13.3. The van der Waals surface area contributed by atoms with Crippen molar-refractivity contribution in [2.45, 2.75) is 6.04 Å². The van der Waals surface area contributed by atoms with Crippen LogP contribution in [-0.4, -0.2) is 34.8 Å². The van der Waals surface area contributed by atoms with Crippen LogP contribution >= 0.6 is 0 Å². The topological polar surface area (TPSA) is 57.6 Å². The number of aliphatic hydroxyl groups is 1. The number of rotatable bonds is 7. The molecule has 0 radical (unpaired) electrons. The number of amides is 1. The Balaban J connectivity index is 2.06. The largest absolute Gasteiger partial charge is 0.395 e. The van der Waals surface area contributed by atoms with Crippen LogP contribution < -0.4 is 0 Å². The number of ketones is 1. The normalized spacial score (nSPS) is 11.6. The van der Waals surface area contributed by atoms with Gasteiger partial charge < -0.3 is 10.0 Å². The van der Waals surface area contributed by atoms with Gasteiger partial charge in [0.2, 0.25) is 0 Å². The molecule has 0 heterocycles. The number of hydrogen-bond acceptors (Lipinski definition) is 3. The third-order valence-electron chi connectivity index (χ3n) is 4.36. The van der Waals surface area contributed by atoms with Crippen molar-refractivity contribution in [3.63, 3.8) is 0 Å². The molecule has 1 atom stereocenters. The van der Waals surface area contributed by atoms with Gasteiger partial charge in [-0.3, -0.25) is 9.59 Å². The lowest BCUT2D eigenvalue weighted by Crippen LogP contribution is -2.40. The summed E-state index contributed by atoms with van der Waals surface area (Å²) in [5, 5.41) is 9.58. The molecule has 27 heavy (non-hydrogen) atoms. The Morgan fingerprint density at radius 3 is 1.74 bits per heavy atom. The van der Waals surface area contributed by atoms with Crippen LogP contribution in [0.2, 0.25) is 0 Å². The average Bonchev–Trinajstić information content (AvgIpc) is 2.75.